The van der Waals surface area contributed by atoms with Gasteiger partial charge in [0.05, 0.1) is 23.9 Å². The lowest BCUT2D eigenvalue weighted by Crippen LogP contribution is -2.33. The monoisotopic (exact) mass is 364 g/mol. The molecule has 2 rings (SSSR count). The fourth-order valence-electron chi connectivity index (χ4n) is 1.92. The molecule has 130 valence electrons. The number of sulfonamides is 1. The normalized spacial score (nSPS) is 11.6. The molecule has 0 aliphatic heterocycles. The molecule has 2 N–H and O–H groups in total. The van der Waals surface area contributed by atoms with Crippen LogP contribution in [0.4, 0.5) is 0 Å². The minimum Gasteiger partial charge on any atom is -0.383 e. The highest BCUT2D eigenvalue weighted by Crippen LogP contribution is 2.20. The van der Waals surface area contributed by atoms with Crippen molar-refractivity contribution in [1.29, 1.82) is 0 Å². The summed E-state index contributed by atoms with van der Waals surface area (Å²) < 4.78 is 36.9. The van der Waals surface area contributed by atoms with Crippen LogP contribution in [-0.4, -0.2) is 51.9 Å². The number of aryl methyl sites for hydroxylation is 1. The summed E-state index contributed by atoms with van der Waals surface area (Å²) in [5.41, 5.74) is 1.04. The average molecular weight is 365 g/mol. The molecule has 0 saturated carbocycles. The molecule has 0 bridgehead atoms. The SMILES string of the molecule is CCc1noc2ncc(S(=O)(=O)NCCNCCOC)cc12.Cl. The zero-order valence-corrected chi connectivity index (χ0v) is 14.7. The van der Waals surface area contributed by atoms with E-state index in [2.05, 4.69) is 20.2 Å². The lowest BCUT2D eigenvalue weighted by molar-refractivity contribution is 0.199. The van der Waals surface area contributed by atoms with Gasteiger partial charge in [-0.25, -0.2) is 18.1 Å². The first-order chi connectivity index (χ1) is 10.6. The molecule has 0 fully saturated rings. The summed E-state index contributed by atoms with van der Waals surface area (Å²) in [5, 5.41) is 7.56. The molecule has 0 aliphatic carbocycles. The van der Waals surface area contributed by atoms with Crippen LogP contribution in [0.2, 0.25) is 0 Å². The molecule has 0 unspecified atom stereocenters. The topological polar surface area (TPSA) is 106 Å². The molecule has 0 amide bonds. The standard InChI is InChI=1S/C13H20N4O4S.ClH/c1-3-12-11-8-10(9-15-13(11)21-17-12)22(18,19)16-5-4-14-6-7-20-2;/h8-9,14,16H,3-7H2,1-2H3;1H. The number of aromatic nitrogens is 2. The summed E-state index contributed by atoms with van der Waals surface area (Å²) in [6.45, 7) is 3.98. The van der Waals surface area contributed by atoms with Crippen molar-refractivity contribution in [3.05, 3.63) is 18.0 Å². The average Bonchev–Trinajstić information content (AvgIpc) is 2.93. The summed E-state index contributed by atoms with van der Waals surface area (Å²) in [6, 6.07) is 1.54. The minimum atomic E-state index is -3.60. The second-order valence-corrected chi connectivity index (χ2v) is 6.41. The van der Waals surface area contributed by atoms with Crippen LogP contribution in [0.3, 0.4) is 0 Å². The predicted molar refractivity (Wildman–Crippen MR) is 88.4 cm³/mol. The number of pyridine rings is 1. The van der Waals surface area contributed by atoms with Gasteiger partial charge in [-0.2, -0.15) is 0 Å². The van der Waals surface area contributed by atoms with Gasteiger partial charge in [0, 0.05) is 26.7 Å². The number of ether oxygens (including phenoxy) is 1. The Morgan fingerprint density at radius 1 is 1.30 bits per heavy atom. The molecule has 0 aliphatic rings. The van der Waals surface area contributed by atoms with E-state index in [9.17, 15) is 8.42 Å². The Balaban J connectivity index is 0.00000264. The molecule has 0 spiro atoms. The maximum Gasteiger partial charge on any atom is 0.258 e. The van der Waals surface area contributed by atoms with E-state index in [-0.39, 0.29) is 23.8 Å². The lowest BCUT2D eigenvalue weighted by Gasteiger charge is -2.07. The third-order valence-electron chi connectivity index (χ3n) is 3.10. The maximum atomic E-state index is 12.2. The number of nitrogens with zero attached hydrogens (tertiary/aromatic N) is 2. The lowest BCUT2D eigenvalue weighted by atomic mass is 10.2. The van der Waals surface area contributed by atoms with Crippen molar-refractivity contribution in [2.75, 3.05) is 33.4 Å². The molecule has 2 aromatic heterocycles. The molecule has 23 heavy (non-hydrogen) atoms. The van der Waals surface area contributed by atoms with E-state index in [0.29, 0.717) is 42.9 Å². The first-order valence-electron chi connectivity index (χ1n) is 7.02. The van der Waals surface area contributed by atoms with Crippen LogP contribution in [0.25, 0.3) is 11.1 Å². The molecular formula is C13H21ClN4O4S. The quantitative estimate of drug-likeness (QED) is 0.631. The highest BCUT2D eigenvalue weighted by atomic mass is 35.5. The largest absolute Gasteiger partial charge is 0.383 e. The van der Waals surface area contributed by atoms with Crippen molar-refractivity contribution >= 4 is 33.5 Å². The van der Waals surface area contributed by atoms with E-state index < -0.39 is 10.0 Å². The third-order valence-corrected chi connectivity index (χ3v) is 4.53. The summed E-state index contributed by atoms with van der Waals surface area (Å²) in [5.74, 6) is 0. The van der Waals surface area contributed by atoms with Gasteiger partial charge in [-0.3, -0.25) is 0 Å². The van der Waals surface area contributed by atoms with Gasteiger partial charge in [0.1, 0.15) is 4.90 Å². The van der Waals surface area contributed by atoms with Gasteiger partial charge in [0.15, 0.2) is 0 Å². The number of halogens is 1. The molecule has 2 heterocycles. The van der Waals surface area contributed by atoms with Crippen LogP contribution in [0, 0.1) is 0 Å². The van der Waals surface area contributed by atoms with Crippen molar-refractivity contribution in [3.8, 4) is 0 Å². The Hall–Kier alpha value is -1.26. The van der Waals surface area contributed by atoms with E-state index in [1.807, 2.05) is 6.92 Å². The maximum absolute atomic E-state index is 12.2. The number of fused-ring (bicyclic) bond motifs is 1. The van der Waals surface area contributed by atoms with Gasteiger partial charge in [-0.05, 0) is 12.5 Å². The Kier molecular flexibility index (Phi) is 7.86. The van der Waals surface area contributed by atoms with E-state index in [4.69, 9.17) is 9.26 Å². The Morgan fingerprint density at radius 2 is 2.09 bits per heavy atom. The Bertz CT molecular complexity index is 720. The predicted octanol–water partition coefficient (Wildman–Crippen LogP) is 0.721. The van der Waals surface area contributed by atoms with Crippen LogP contribution in [0.1, 0.15) is 12.6 Å². The molecule has 0 saturated heterocycles. The minimum absolute atomic E-state index is 0. The van der Waals surface area contributed by atoms with Gasteiger partial charge in [0.2, 0.25) is 10.0 Å². The van der Waals surface area contributed by atoms with Gasteiger partial charge in [-0.15, -0.1) is 12.4 Å². The summed E-state index contributed by atoms with van der Waals surface area (Å²) in [6.07, 6.45) is 1.92. The number of methoxy groups -OCH3 is 1. The van der Waals surface area contributed by atoms with E-state index in [0.717, 1.165) is 0 Å². The van der Waals surface area contributed by atoms with Gasteiger partial charge in [-0.1, -0.05) is 12.1 Å². The van der Waals surface area contributed by atoms with Crippen LogP contribution >= 0.6 is 12.4 Å². The van der Waals surface area contributed by atoms with E-state index >= 15 is 0 Å². The molecule has 8 nitrogen and oxygen atoms in total. The summed E-state index contributed by atoms with van der Waals surface area (Å²) in [4.78, 5) is 4.11. The first kappa shape index (κ1) is 19.8. The van der Waals surface area contributed by atoms with Gasteiger partial charge in [0.25, 0.3) is 5.71 Å². The Labute approximate surface area is 141 Å². The van der Waals surface area contributed by atoms with Crippen molar-refractivity contribution < 1.29 is 17.7 Å². The zero-order valence-electron chi connectivity index (χ0n) is 13.0. The molecule has 0 atom stereocenters. The van der Waals surface area contributed by atoms with Gasteiger partial charge >= 0.3 is 0 Å². The van der Waals surface area contributed by atoms with E-state index in [1.54, 1.807) is 13.2 Å². The molecule has 10 heteroatoms. The first-order valence-corrected chi connectivity index (χ1v) is 8.50. The van der Waals surface area contributed by atoms with Crippen LogP contribution in [0.5, 0.6) is 0 Å². The van der Waals surface area contributed by atoms with Crippen molar-refractivity contribution in [3.63, 3.8) is 0 Å². The number of nitrogens with one attached hydrogen (secondary N) is 2. The zero-order chi connectivity index (χ0) is 16.0. The van der Waals surface area contributed by atoms with Crippen molar-refractivity contribution in [1.82, 2.24) is 20.2 Å². The Morgan fingerprint density at radius 3 is 2.78 bits per heavy atom. The summed E-state index contributed by atoms with van der Waals surface area (Å²) in [7, 11) is -1.99. The number of hydrogen-bond donors (Lipinski definition) is 2. The second-order valence-electron chi connectivity index (χ2n) is 4.65. The molecule has 0 radical (unpaired) electrons. The summed E-state index contributed by atoms with van der Waals surface area (Å²) >= 11 is 0. The van der Waals surface area contributed by atoms with E-state index in [1.165, 1.54) is 6.20 Å². The van der Waals surface area contributed by atoms with Gasteiger partial charge < -0.3 is 14.6 Å². The van der Waals surface area contributed by atoms with Crippen LogP contribution in [0.15, 0.2) is 21.7 Å². The molecule has 0 aromatic carbocycles. The van der Waals surface area contributed by atoms with Crippen LogP contribution < -0.4 is 10.0 Å². The van der Waals surface area contributed by atoms with Crippen LogP contribution in [-0.2, 0) is 21.2 Å². The highest BCUT2D eigenvalue weighted by molar-refractivity contribution is 7.89. The number of rotatable bonds is 9. The molecule has 2 aromatic rings. The fourth-order valence-corrected chi connectivity index (χ4v) is 2.92. The van der Waals surface area contributed by atoms with Crippen molar-refractivity contribution in [2.45, 2.75) is 18.2 Å². The highest BCUT2D eigenvalue weighted by Gasteiger charge is 2.17. The number of hydrogen-bond acceptors (Lipinski definition) is 7. The van der Waals surface area contributed by atoms with Crippen molar-refractivity contribution in [2.24, 2.45) is 0 Å². The fraction of sp³-hybridized carbons (Fsp3) is 0.538. The molecular weight excluding hydrogens is 344 g/mol. The second kappa shape index (κ2) is 9.14. The smallest absolute Gasteiger partial charge is 0.258 e. The third kappa shape index (κ3) is 5.11.